The first-order valence-electron chi connectivity index (χ1n) is 20.8. The first-order valence-corrected chi connectivity index (χ1v) is 21.7. The normalized spacial score (nSPS) is 41.2. The van der Waals surface area contributed by atoms with Crippen LogP contribution in [0.15, 0.2) is 35.2 Å². The molecule has 0 radical (unpaired) electrons. The molecule has 4 aliphatic rings. The molecule has 21 heteroatoms. The number of aliphatic hydroxyl groups excluding tert-OH is 1. The highest BCUT2D eigenvalue weighted by Gasteiger charge is 2.57. The maximum absolute atomic E-state index is 11.0. The number of aliphatic hydroxyl groups is 1. The van der Waals surface area contributed by atoms with E-state index >= 15 is 0 Å². The van der Waals surface area contributed by atoms with Gasteiger partial charge in [-0.05, 0) is 12.1 Å². The van der Waals surface area contributed by atoms with Gasteiger partial charge in [-0.25, -0.2) is 0 Å². The standard InChI is InChI=1S/C42H70O20S/c1-44-18-23-27(43)31(48-5)35(52-9)39(56-23)60-28-24(19-45-2)57-40(36(53-10)32(28)49-6)61-29-25(20-46-3)58-41(37(54-11)33(29)50-7)62-30-26(21-47-4)59-42(38(55-12)34(30)51-8)63-22-16-14-13-15-17-22/h13-17,23-43H,18-21H2,1-12H3/t23-,24-,25-,26-,27-,28-,29-,30-,31+,32+,33+,34+,35-,36-,37-,38-,39+,40+,41+,42+/m1/s1. The molecular formula is C42H70O20S. The summed E-state index contributed by atoms with van der Waals surface area (Å²) in [5, 5.41) is 11.0. The maximum atomic E-state index is 11.0. The Kier molecular flexibility index (Phi) is 22.1. The van der Waals surface area contributed by atoms with Gasteiger partial charge in [-0.2, -0.15) is 0 Å². The minimum atomic E-state index is -1.10. The lowest BCUT2D eigenvalue weighted by molar-refractivity contribution is -0.391. The van der Waals surface area contributed by atoms with Gasteiger partial charge in [0.15, 0.2) is 18.9 Å². The fraction of sp³-hybridized carbons (Fsp3) is 0.857. The fourth-order valence-electron chi connectivity index (χ4n) is 8.81. The van der Waals surface area contributed by atoms with Crippen molar-refractivity contribution in [2.75, 3.05) is 112 Å². The van der Waals surface area contributed by atoms with E-state index in [-0.39, 0.29) is 26.4 Å². The highest BCUT2D eigenvalue weighted by molar-refractivity contribution is 7.99. The number of benzene rings is 1. The SMILES string of the molecule is COC[C@H]1O[C@@H](O[C@H]2[C@H](OC)[C@@H](OC)[C@H](O[C@H]3[C@H](OC)[C@@H](OC)[C@H](O[C@H]4[C@H](OC)[C@@H](OC)[C@H](Sc5ccccc5)O[C@@H]4COC)O[C@@H]3COC)O[C@@H]2COC)[C@H](OC)[C@@H](OC)[C@@H]1O. The van der Waals surface area contributed by atoms with Crippen molar-refractivity contribution in [3.63, 3.8) is 0 Å². The lowest BCUT2D eigenvalue weighted by Crippen LogP contribution is -2.68. The van der Waals surface area contributed by atoms with Crippen molar-refractivity contribution in [1.82, 2.24) is 0 Å². The molecule has 0 bridgehead atoms. The zero-order chi connectivity index (χ0) is 45.6. The van der Waals surface area contributed by atoms with Crippen LogP contribution in [-0.2, 0) is 90.0 Å². The van der Waals surface area contributed by atoms with Crippen LogP contribution >= 0.6 is 11.8 Å². The van der Waals surface area contributed by atoms with Crippen LogP contribution in [0.5, 0.6) is 0 Å². The molecule has 0 unspecified atom stereocenters. The summed E-state index contributed by atoms with van der Waals surface area (Å²) in [5.74, 6) is 0. The Hall–Kier alpha value is -1.23. The second-order valence-corrected chi connectivity index (χ2v) is 16.5. The van der Waals surface area contributed by atoms with Crippen LogP contribution in [0.25, 0.3) is 0 Å². The van der Waals surface area contributed by atoms with Crippen molar-refractivity contribution in [2.45, 2.75) is 127 Å². The Morgan fingerprint density at radius 1 is 0.397 bits per heavy atom. The van der Waals surface area contributed by atoms with Gasteiger partial charge in [0.1, 0.15) is 103 Å². The summed E-state index contributed by atoms with van der Waals surface area (Å²) in [7, 11) is 18.5. The fourth-order valence-corrected chi connectivity index (χ4v) is 9.99. The van der Waals surface area contributed by atoms with Crippen LogP contribution in [0.3, 0.4) is 0 Å². The van der Waals surface area contributed by atoms with Crippen LogP contribution in [-0.4, -0.2) is 239 Å². The van der Waals surface area contributed by atoms with Gasteiger partial charge in [0.2, 0.25) is 0 Å². The van der Waals surface area contributed by atoms with Gasteiger partial charge in [0.05, 0.1) is 26.4 Å². The van der Waals surface area contributed by atoms with Gasteiger partial charge in [0, 0.05) is 90.2 Å². The zero-order valence-electron chi connectivity index (χ0n) is 38.4. The minimum absolute atomic E-state index is 0.0515. The van der Waals surface area contributed by atoms with E-state index in [1.165, 1.54) is 61.5 Å². The van der Waals surface area contributed by atoms with Gasteiger partial charge >= 0.3 is 0 Å². The number of ether oxygens (including phenoxy) is 19. The molecule has 1 N–H and O–H groups in total. The van der Waals surface area contributed by atoms with E-state index in [0.717, 1.165) is 4.90 Å². The summed E-state index contributed by atoms with van der Waals surface area (Å²) in [6, 6.07) is 9.90. The molecule has 4 heterocycles. The van der Waals surface area contributed by atoms with Gasteiger partial charge in [-0.3, -0.25) is 0 Å². The Balaban J connectivity index is 1.40. The molecule has 0 spiro atoms. The third-order valence-electron chi connectivity index (χ3n) is 11.8. The molecule has 0 aromatic heterocycles. The minimum Gasteiger partial charge on any atom is -0.387 e. The van der Waals surface area contributed by atoms with Crippen LogP contribution in [0.2, 0.25) is 0 Å². The first-order chi connectivity index (χ1) is 30.6. The molecule has 63 heavy (non-hydrogen) atoms. The average molecular weight is 927 g/mol. The monoisotopic (exact) mass is 926 g/mol. The predicted octanol–water partition coefficient (Wildman–Crippen LogP) is 0.900. The maximum Gasteiger partial charge on any atom is 0.187 e. The van der Waals surface area contributed by atoms with E-state index in [0.29, 0.717) is 0 Å². The number of rotatable bonds is 24. The second kappa shape index (κ2) is 26.3. The Bertz CT molecular complexity index is 1410. The molecule has 20 atom stereocenters. The quantitative estimate of drug-likeness (QED) is 0.154. The number of thioether (sulfide) groups is 1. The van der Waals surface area contributed by atoms with Crippen molar-refractivity contribution in [3.05, 3.63) is 30.3 Å². The van der Waals surface area contributed by atoms with Crippen molar-refractivity contribution in [1.29, 1.82) is 0 Å². The smallest absolute Gasteiger partial charge is 0.187 e. The molecular weight excluding hydrogens is 857 g/mol. The molecule has 5 rings (SSSR count). The van der Waals surface area contributed by atoms with Crippen molar-refractivity contribution >= 4 is 11.8 Å². The molecule has 20 nitrogen and oxygen atoms in total. The molecule has 0 amide bonds. The van der Waals surface area contributed by atoms with Gasteiger partial charge < -0.3 is 95.1 Å². The van der Waals surface area contributed by atoms with E-state index in [9.17, 15) is 5.11 Å². The predicted molar refractivity (Wildman–Crippen MR) is 221 cm³/mol. The first kappa shape index (κ1) is 52.7. The summed E-state index contributed by atoms with van der Waals surface area (Å²) >= 11 is 1.52. The van der Waals surface area contributed by atoms with Crippen molar-refractivity contribution in [2.24, 2.45) is 0 Å². The van der Waals surface area contributed by atoms with Crippen LogP contribution in [0.4, 0.5) is 0 Å². The second-order valence-electron chi connectivity index (χ2n) is 15.3. The molecule has 4 aliphatic heterocycles. The number of methoxy groups -OCH3 is 12. The summed E-state index contributed by atoms with van der Waals surface area (Å²) in [6.45, 7) is 0.370. The summed E-state index contributed by atoms with van der Waals surface area (Å²) in [4.78, 5) is 1.00. The molecule has 4 saturated heterocycles. The van der Waals surface area contributed by atoms with Crippen LogP contribution in [0, 0.1) is 0 Å². The van der Waals surface area contributed by atoms with E-state index in [4.69, 9.17) is 90.0 Å². The summed E-state index contributed by atoms with van der Waals surface area (Å²) < 4.78 is 117. The summed E-state index contributed by atoms with van der Waals surface area (Å²) in [5.41, 5.74) is -0.454. The molecule has 364 valence electrons. The van der Waals surface area contributed by atoms with Crippen LogP contribution in [0.1, 0.15) is 0 Å². The molecule has 1 aromatic rings. The Morgan fingerprint density at radius 3 is 1.11 bits per heavy atom. The van der Waals surface area contributed by atoms with E-state index in [2.05, 4.69) is 0 Å². The van der Waals surface area contributed by atoms with Crippen LogP contribution < -0.4 is 0 Å². The lowest BCUT2D eigenvalue weighted by Gasteiger charge is -2.51. The lowest BCUT2D eigenvalue weighted by atomic mass is 9.95. The largest absolute Gasteiger partial charge is 0.387 e. The topological polar surface area (TPSA) is 196 Å². The third-order valence-corrected chi connectivity index (χ3v) is 12.9. The van der Waals surface area contributed by atoms with Gasteiger partial charge in [-0.15, -0.1) is 0 Å². The molecule has 0 saturated carbocycles. The Labute approximate surface area is 375 Å². The Morgan fingerprint density at radius 2 is 0.730 bits per heavy atom. The number of hydrogen-bond acceptors (Lipinski definition) is 21. The van der Waals surface area contributed by atoms with E-state index < -0.39 is 122 Å². The molecule has 0 aliphatic carbocycles. The highest BCUT2D eigenvalue weighted by Crippen LogP contribution is 2.40. The average Bonchev–Trinajstić information content (AvgIpc) is 3.29. The van der Waals surface area contributed by atoms with Gasteiger partial charge in [-0.1, -0.05) is 30.0 Å². The molecule has 4 fully saturated rings. The third kappa shape index (κ3) is 12.3. The van der Waals surface area contributed by atoms with Gasteiger partial charge in [0.25, 0.3) is 0 Å². The van der Waals surface area contributed by atoms with Crippen molar-refractivity contribution in [3.8, 4) is 0 Å². The molecule has 1 aromatic carbocycles. The van der Waals surface area contributed by atoms with Crippen molar-refractivity contribution < 1.29 is 95.1 Å². The highest BCUT2D eigenvalue weighted by atomic mass is 32.2. The van der Waals surface area contributed by atoms with E-state index in [1.54, 1.807) is 35.5 Å². The zero-order valence-corrected chi connectivity index (χ0v) is 39.2. The summed E-state index contributed by atoms with van der Waals surface area (Å²) in [6.07, 6.45) is -16.0. The van der Waals surface area contributed by atoms with E-state index in [1.807, 2.05) is 30.3 Å². The number of hydrogen-bond donors (Lipinski definition) is 1.